The average molecular weight is 360 g/mol. The Labute approximate surface area is 137 Å². The van der Waals surface area contributed by atoms with Gasteiger partial charge in [0.1, 0.15) is 0 Å². The Balaban J connectivity index is 1.96. The molecular formula is C13H14ClN3O3S2. The number of hydrogen-bond acceptors (Lipinski definition) is 5. The Hall–Kier alpha value is -1.48. The number of nitrogens with zero attached hydrogens (tertiary/aromatic N) is 1. The van der Waals surface area contributed by atoms with Crippen molar-refractivity contribution in [3.63, 3.8) is 0 Å². The van der Waals surface area contributed by atoms with Crippen LogP contribution in [-0.4, -0.2) is 25.4 Å². The van der Waals surface area contributed by atoms with Crippen molar-refractivity contribution in [1.82, 2.24) is 15.0 Å². The Morgan fingerprint density at radius 1 is 1.36 bits per heavy atom. The van der Waals surface area contributed by atoms with Gasteiger partial charge in [-0.1, -0.05) is 11.6 Å². The van der Waals surface area contributed by atoms with Crippen LogP contribution in [-0.2, 0) is 21.4 Å². The second-order valence-corrected chi connectivity index (χ2v) is 7.36. The van der Waals surface area contributed by atoms with Gasteiger partial charge in [-0.25, -0.2) is 13.4 Å². The largest absolute Gasteiger partial charge is 0.349 e. The minimum atomic E-state index is -3.78. The standard InChI is InChI=1S/C13H14ClN3O3S2/c1-9(13(18)15-6-11-7-21-8-16-11)17-22(19,20)12-4-2-10(14)3-5-12/h2-5,7-9,17H,6H2,1H3,(H,15,18). The molecule has 6 nitrogen and oxygen atoms in total. The van der Waals surface area contributed by atoms with E-state index < -0.39 is 22.0 Å². The molecule has 0 spiro atoms. The maximum atomic E-state index is 12.1. The highest BCUT2D eigenvalue weighted by molar-refractivity contribution is 7.89. The summed E-state index contributed by atoms with van der Waals surface area (Å²) in [6.07, 6.45) is 0. The van der Waals surface area contributed by atoms with Gasteiger partial charge in [0.25, 0.3) is 0 Å². The summed E-state index contributed by atoms with van der Waals surface area (Å²) in [5.74, 6) is -0.425. The summed E-state index contributed by atoms with van der Waals surface area (Å²) >= 11 is 7.15. The maximum Gasteiger partial charge on any atom is 0.241 e. The fourth-order valence-electron chi connectivity index (χ4n) is 1.62. The van der Waals surface area contributed by atoms with E-state index in [0.29, 0.717) is 5.02 Å². The second kappa shape index (κ2) is 7.19. The van der Waals surface area contributed by atoms with E-state index in [1.165, 1.54) is 42.5 Å². The van der Waals surface area contributed by atoms with Crippen molar-refractivity contribution in [3.8, 4) is 0 Å². The van der Waals surface area contributed by atoms with E-state index in [2.05, 4.69) is 15.0 Å². The second-order valence-electron chi connectivity index (χ2n) is 4.49. The van der Waals surface area contributed by atoms with E-state index in [9.17, 15) is 13.2 Å². The first-order chi connectivity index (χ1) is 10.4. The zero-order valence-electron chi connectivity index (χ0n) is 11.6. The molecule has 2 aromatic rings. The molecule has 0 fully saturated rings. The molecule has 1 atom stereocenters. The first-order valence-corrected chi connectivity index (χ1v) is 9.11. The van der Waals surface area contributed by atoms with Gasteiger partial charge in [0.05, 0.1) is 28.7 Å². The molecule has 1 amide bonds. The molecule has 2 rings (SSSR count). The molecule has 0 saturated heterocycles. The Morgan fingerprint density at radius 3 is 2.64 bits per heavy atom. The Morgan fingerprint density at radius 2 is 2.05 bits per heavy atom. The lowest BCUT2D eigenvalue weighted by molar-refractivity contribution is -0.122. The fraction of sp³-hybridized carbons (Fsp3) is 0.231. The molecule has 1 aromatic heterocycles. The topological polar surface area (TPSA) is 88.2 Å². The molecule has 0 radical (unpaired) electrons. The number of sulfonamides is 1. The van der Waals surface area contributed by atoms with E-state index in [0.717, 1.165) is 5.69 Å². The lowest BCUT2D eigenvalue weighted by atomic mass is 10.3. The van der Waals surface area contributed by atoms with Crippen LogP contribution in [0.1, 0.15) is 12.6 Å². The Bertz CT molecular complexity index is 730. The molecule has 0 aliphatic heterocycles. The number of amides is 1. The van der Waals surface area contributed by atoms with E-state index in [-0.39, 0.29) is 11.4 Å². The Kier molecular flexibility index (Phi) is 5.52. The zero-order valence-corrected chi connectivity index (χ0v) is 14.0. The third-order valence-electron chi connectivity index (χ3n) is 2.78. The van der Waals surface area contributed by atoms with Crippen molar-refractivity contribution < 1.29 is 13.2 Å². The molecule has 0 aliphatic rings. The van der Waals surface area contributed by atoms with Crippen LogP contribution in [0.15, 0.2) is 40.1 Å². The molecule has 0 saturated carbocycles. The summed E-state index contributed by atoms with van der Waals surface area (Å²) in [6.45, 7) is 1.74. The maximum absolute atomic E-state index is 12.1. The van der Waals surface area contributed by atoms with Crippen LogP contribution < -0.4 is 10.0 Å². The average Bonchev–Trinajstić information content (AvgIpc) is 2.98. The van der Waals surface area contributed by atoms with Crippen LogP contribution in [0.2, 0.25) is 5.02 Å². The van der Waals surface area contributed by atoms with Gasteiger partial charge in [-0.3, -0.25) is 4.79 Å². The van der Waals surface area contributed by atoms with Gasteiger partial charge in [-0.15, -0.1) is 11.3 Å². The molecule has 1 aromatic carbocycles. The molecule has 22 heavy (non-hydrogen) atoms. The van der Waals surface area contributed by atoms with Crippen LogP contribution in [0.4, 0.5) is 0 Å². The summed E-state index contributed by atoms with van der Waals surface area (Å²) < 4.78 is 26.6. The number of thiazole rings is 1. The SMILES string of the molecule is CC(NS(=O)(=O)c1ccc(Cl)cc1)C(=O)NCc1cscn1. The molecule has 2 N–H and O–H groups in total. The van der Waals surface area contributed by atoms with Gasteiger partial charge in [0.15, 0.2) is 0 Å². The summed E-state index contributed by atoms with van der Waals surface area (Å²) in [5.41, 5.74) is 2.39. The molecule has 1 unspecified atom stereocenters. The number of rotatable bonds is 6. The highest BCUT2D eigenvalue weighted by Gasteiger charge is 2.21. The van der Waals surface area contributed by atoms with Crippen molar-refractivity contribution >= 4 is 38.9 Å². The highest BCUT2D eigenvalue weighted by Crippen LogP contribution is 2.14. The minimum Gasteiger partial charge on any atom is -0.349 e. The number of nitrogens with one attached hydrogen (secondary N) is 2. The van der Waals surface area contributed by atoms with E-state index >= 15 is 0 Å². The smallest absolute Gasteiger partial charge is 0.241 e. The van der Waals surface area contributed by atoms with Crippen LogP contribution in [0.3, 0.4) is 0 Å². The minimum absolute atomic E-state index is 0.0519. The molecule has 1 heterocycles. The van der Waals surface area contributed by atoms with E-state index in [4.69, 9.17) is 11.6 Å². The number of aromatic nitrogens is 1. The number of hydrogen-bond donors (Lipinski definition) is 2. The zero-order chi connectivity index (χ0) is 16.2. The van der Waals surface area contributed by atoms with Crippen molar-refractivity contribution in [2.24, 2.45) is 0 Å². The summed E-state index contributed by atoms with van der Waals surface area (Å²) in [7, 11) is -3.78. The van der Waals surface area contributed by atoms with Crippen LogP contribution in [0.5, 0.6) is 0 Å². The first-order valence-electron chi connectivity index (χ1n) is 6.31. The van der Waals surface area contributed by atoms with Gasteiger partial charge in [0.2, 0.25) is 15.9 Å². The molecule has 9 heteroatoms. The highest BCUT2D eigenvalue weighted by atomic mass is 35.5. The van der Waals surface area contributed by atoms with E-state index in [1.807, 2.05) is 5.38 Å². The predicted octanol–water partition coefficient (Wildman–Crippen LogP) is 1.78. The van der Waals surface area contributed by atoms with Crippen molar-refractivity contribution in [3.05, 3.63) is 45.9 Å². The summed E-state index contributed by atoms with van der Waals surface area (Å²) in [4.78, 5) is 16.0. The first kappa shape index (κ1) is 16.9. The van der Waals surface area contributed by atoms with Crippen molar-refractivity contribution in [2.45, 2.75) is 24.4 Å². The quantitative estimate of drug-likeness (QED) is 0.822. The third-order valence-corrected chi connectivity index (χ3v) is 5.22. The lowest BCUT2D eigenvalue weighted by Crippen LogP contribution is -2.44. The summed E-state index contributed by atoms with van der Waals surface area (Å²) in [5, 5.41) is 4.87. The summed E-state index contributed by atoms with van der Waals surface area (Å²) in [6, 6.07) is 4.81. The monoisotopic (exact) mass is 359 g/mol. The number of carbonyl (C=O) groups is 1. The number of halogens is 1. The molecule has 0 bridgehead atoms. The van der Waals surface area contributed by atoms with Crippen molar-refractivity contribution in [2.75, 3.05) is 0 Å². The normalized spacial score (nSPS) is 12.8. The van der Waals surface area contributed by atoms with E-state index in [1.54, 1.807) is 5.51 Å². The van der Waals surface area contributed by atoms with Gasteiger partial charge in [-0.2, -0.15) is 4.72 Å². The predicted molar refractivity (Wildman–Crippen MR) is 85.2 cm³/mol. The van der Waals surface area contributed by atoms with Crippen molar-refractivity contribution in [1.29, 1.82) is 0 Å². The van der Waals surface area contributed by atoms with Gasteiger partial charge < -0.3 is 5.32 Å². The third kappa shape index (κ3) is 4.51. The lowest BCUT2D eigenvalue weighted by Gasteiger charge is -2.14. The van der Waals surface area contributed by atoms with Gasteiger partial charge in [0, 0.05) is 10.4 Å². The number of benzene rings is 1. The van der Waals surface area contributed by atoms with Gasteiger partial charge >= 0.3 is 0 Å². The molecule has 118 valence electrons. The molecular weight excluding hydrogens is 346 g/mol. The van der Waals surface area contributed by atoms with Gasteiger partial charge in [-0.05, 0) is 31.2 Å². The van der Waals surface area contributed by atoms with Crippen LogP contribution >= 0.6 is 22.9 Å². The molecule has 0 aliphatic carbocycles. The van der Waals surface area contributed by atoms with Crippen LogP contribution in [0, 0.1) is 0 Å². The van der Waals surface area contributed by atoms with Crippen LogP contribution in [0.25, 0.3) is 0 Å². The number of carbonyl (C=O) groups excluding carboxylic acids is 1. The fourth-order valence-corrected chi connectivity index (χ4v) is 3.51.